The van der Waals surface area contributed by atoms with Crippen molar-refractivity contribution in [3.63, 3.8) is 0 Å². The van der Waals surface area contributed by atoms with Crippen molar-refractivity contribution in [1.82, 2.24) is 0 Å². The monoisotopic (exact) mass is 293 g/mol. The zero-order chi connectivity index (χ0) is 12.3. The van der Waals surface area contributed by atoms with Crippen molar-refractivity contribution in [3.05, 3.63) is 64.4 Å². The van der Waals surface area contributed by atoms with E-state index in [2.05, 4.69) is 21.2 Å². The predicted molar refractivity (Wildman–Crippen MR) is 68.5 cm³/mol. The first-order valence-electron chi connectivity index (χ1n) is 4.97. The molecule has 0 heterocycles. The largest absolute Gasteiger partial charge is 0.322 e. The van der Waals surface area contributed by atoms with Crippen molar-refractivity contribution < 1.29 is 9.18 Å². The molecule has 2 nitrogen and oxygen atoms in total. The third-order valence-corrected chi connectivity index (χ3v) is 2.68. The lowest BCUT2D eigenvalue weighted by atomic mass is 10.2. The van der Waals surface area contributed by atoms with E-state index >= 15 is 0 Å². The summed E-state index contributed by atoms with van der Waals surface area (Å²) in [6, 6.07) is 12.7. The predicted octanol–water partition coefficient (Wildman–Crippen LogP) is 3.84. The number of carbonyl (C=O) groups excluding carboxylic acids is 1. The Bertz CT molecular complexity index is 539. The average Bonchev–Trinajstić information content (AvgIpc) is 2.29. The fraction of sp³-hybridized carbons (Fsp3) is 0. The number of halogens is 2. The first-order valence-corrected chi connectivity index (χ1v) is 5.77. The zero-order valence-corrected chi connectivity index (χ0v) is 10.4. The lowest BCUT2D eigenvalue weighted by Crippen LogP contribution is -2.11. The molecule has 0 saturated heterocycles. The second kappa shape index (κ2) is 5.10. The summed E-state index contributed by atoms with van der Waals surface area (Å²) >= 11 is 3.32. The standard InChI is InChI=1S/C13H9BrFNO/c14-10-2-1-3-12(8-10)16-13(17)9-4-6-11(15)7-5-9/h1-8H,(H,16,17). The minimum absolute atomic E-state index is 0.261. The topological polar surface area (TPSA) is 29.1 Å². The van der Waals surface area contributed by atoms with Crippen LogP contribution in [0.5, 0.6) is 0 Å². The maximum Gasteiger partial charge on any atom is 0.255 e. The first-order chi connectivity index (χ1) is 8.15. The fourth-order valence-electron chi connectivity index (χ4n) is 1.37. The van der Waals surface area contributed by atoms with E-state index in [9.17, 15) is 9.18 Å². The number of rotatable bonds is 2. The number of amides is 1. The Hall–Kier alpha value is -1.68. The molecule has 0 saturated carbocycles. The van der Waals surface area contributed by atoms with Gasteiger partial charge in [-0.15, -0.1) is 0 Å². The Morgan fingerprint density at radius 3 is 2.47 bits per heavy atom. The second-order valence-electron chi connectivity index (χ2n) is 3.47. The van der Waals surface area contributed by atoms with Crippen LogP contribution in [0.15, 0.2) is 53.0 Å². The van der Waals surface area contributed by atoms with Crippen molar-refractivity contribution >= 4 is 27.5 Å². The minimum atomic E-state index is -0.357. The van der Waals surface area contributed by atoms with E-state index in [1.165, 1.54) is 24.3 Å². The Morgan fingerprint density at radius 2 is 1.82 bits per heavy atom. The number of hydrogen-bond donors (Lipinski definition) is 1. The minimum Gasteiger partial charge on any atom is -0.322 e. The van der Waals surface area contributed by atoms with Crippen LogP contribution in [0.25, 0.3) is 0 Å². The van der Waals surface area contributed by atoms with E-state index < -0.39 is 0 Å². The molecule has 0 aliphatic carbocycles. The van der Waals surface area contributed by atoms with Gasteiger partial charge in [0.2, 0.25) is 0 Å². The van der Waals surface area contributed by atoms with Crippen LogP contribution >= 0.6 is 15.9 Å². The molecule has 0 fully saturated rings. The van der Waals surface area contributed by atoms with E-state index in [4.69, 9.17) is 0 Å². The maximum absolute atomic E-state index is 12.7. The van der Waals surface area contributed by atoms with Crippen LogP contribution in [0.2, 0.25) is 0 Å². The van der Waals surface area contributed by atoms with Gasteiger partial charge in [0.05, 0.1) is 0 Å². The molecule has 1 N–H and O–H groups in total. The molecule has 2 aromatic carbocycles. The average molecular weight is 294 g/mol. The van der Waals surface area contributed by atoms with E-state index in [1.54, 1.807) is 12.1 Å². The van der Waals surface area contributed by atoms with Gasteiger partial charge in [0.15, 0.2) is 0 Å². The van der Waals surface area contributed by atoms with Crippen molar-refractivity contribution in [1.29, 1.82) is 0 Å². The molecule has 86 valence electrons. The number of anilines is 1. The maximum atomic E-state index is 12.7. The van der Waals surface area contributed by atoms with Crippen molar-refractivity contribution in [2.24, 2.45) is 0 Å². The van der Waals surface area contributed by atoms with Crippen molar-refractivity contribution in [2.75, 3.05) is 5.32 Å². The van der Waals surface area contributed by atoms with Gasteiger partial charge >= 0.3 is 0 Å². The van der Waals surface area contributed by atoms with Crippen LogP contribution in [-0.4, -0.2) is 5.91 Å². The number of nitrogens with one attached hydrogen (secondary N) is 1. The van der Waals surface area contributed by atoms with E-state index in [0.29, 0.717) is 11.3 Å². The smallest absolute Gasteiger partial charge is 0.255 e. The summed E-state index contributed by atoms with van der Waals surface area (Å²) in [6.45, 7) is 0. The molecule has 0 spiro atoms. The molecule has 17 heavy (non-hydrogen) atoms. The summed E-state index contributed by atoms with van der Waals surface area (Å²) in [5.74, 6) is -0.618. The van der Waals surface area contributed by atoms with Gasteiger partial charge in [-0.2, -0.15) is 0 Å². The van der Waals surface area contributed by atoms with Gasteiger partial charge in [0.1, 0.15) is 5.82 Å². The SMILES string of the molecule is O=C(Nc1cccc(Br)c1)c1ccc(F)cc1. The molecule has 2 aromatic rings. The Kier molecular flexibility index (Phi) is 3.54. The summed E-state index contributed by atoms with van der Waals surface area (Å²) in [6.07, 6.45) is 0. The van der Waals surface area contributed by atoms with Crippen molar-refractivity contribution in [3.8, 4) is 0 Å². The van der Waals surface area contributed by atoms with Crippen LogP contribution < -0.4 is 5.32 Å². The fourth-order valence-corrected chi connectivity index (χ4v) is 1.77. The normalized spacial score (nSPS) is 10.0. The van der Waals surface area contributed by atoms with Gasteiger partial charge in [0, 0.05) is 15.7 Å². The number of benzene rings is 2. The number of carbonyl (C=O) groups is 1. The molecule has 0 aliphatic rings. The molecular weight excluding hydrogens is 285 g/mol. The summed E-state index contributed by atoms with van der Waals surface area (Å²) in [7, 11) is 0. The van der Waals surface area contributed by atoms with E-state index in [1.807, 2.05) is 12.1 Å². The second-order valence-corrected chi connectivity index (χ2v) is 4.39. The quantitative estimate of drug-likeness (QED) is 0.895. The molecule has 0 bridgehead atoms. The Morgan fingerprint density at radius 1 is 1.12 bits per heavy atom. The molecule has 0 atom stereocenters. The summed E-state index contributed by atoms with van der Waals surface area (Å²) in [4.78, 5) is 11.8. The summed E-state index contributed by atoms with van der Waals surface area (Å²) in [5, 5.41) is 2.73. The molecule has 0 aliphatic heterocycles. The van der Waals surface area contributed by atoms with Gasteiger partial charge in [-0.3, -0.25) is 4.79 Å². The lowest BCUT2D eigenvalue weighted by molar-refractivity contribution is 0.102. The molecule has 0 aromatic heterocycles. The molecule has 2 rings (SSSR count). The van der Waals surface area contributed by atoms with E-state index in [-0.39, 0.29) is 11.7 Å². The highest BCUT2D eigenvalue weighted by atomic mass is 79.9. The molecule has 0 unspecified atom stereocenters. The Labute approximate surface area is 107 Å². The third-order valence-electron chi connectivity index (χ3n) is 2.19. The molecule has 1 amide bonds. The van der Waals surface area contributed by atoms with E-state index in [0.717, 1.165) is 4.47 Å². The summed E-state index contributed by atoms with van der Waals surface area (Å²) in [5.41, 5.74) is 1.11. The zero-order valence-electron chi connectivity index (χ0n) is 8.78. The van der Waals surface area contributed by atoms with Gasteiger partial charge in [-0.1, -0.05) is 22.0 Å². The van der Waals surface area contributed by atoms with Crippen LogP contribution in [0.1, 0.15) is 10.4 Å². The summed E-state index contributed by atoms with van der Waals surface area (Å²) < 4.78 is 13.6. The number of hydrogen-bond acceptors (Lipinski definition) is 1. The van der Waals surface area contributed by atoms with Gasteiger partial charge in [0.25, 0.3) is 5.91 Å². The highest BCUT2D eigenvalue weighted by Gasteiger charge is 2.05. The van der Waals surface area contributed by atoms with Crippen LogP contribution in [0.4, 0.5) is 10.1 Å². The van der Waals surface area contributed by atoms with Crippen molar-refractivity contribution in [2.45, 2.75) is 0 Å². The highest BCUT2D eigenvalue weighted by Crippen LogP contribution is 2.16. The Balaban J connectivity index is 2.14. The van der Waals surface area contributed by atoms with Crippen LogP contribution in [0.3, 0.4) is 0 Å². The molecule has 0 radical (unpaired) electrons. The third kappa shape index (κ3) is 3.14. The van der Waals surface area contributed by atoms with Crippen LogP contribution in [-0.2, 0) is 0 Å². The van der Waals surface area contributed by atoms with Crippen LogP contribution in [0, 0.1) is 5.82 Å². The molecule has 4 heteroatoms. The highest BCUT2D eigenvalue weighted by molar-refractivity contribution is 9.10. The first kappa shape index (κ1) is 11.8. The van der Waals surface area contributed by atoms with Gasteiger partial charge in [-0.25, -0.2) is 4.39 Å². The molecular formula is C13H9BrFNO. The lowest BCUT2D eigenvalue weighted by Gasteiger charge is -2.05. The van der Waals surface area contributed by atoms with Gasteiger partial charge < -0.3 is 5.32 Å². The van der Waals surface area contributed by atoms with Gasteiger partial charge in [-0.05, 0) is 42.5 Å².